The Morgan fingerprint density at radius 2 is 1.89 bits per heavy atom. The van der Waals surface area contributed by atoms with E-state index >= 15 is 0 Å². The number of hydrogen-bond donors (Lipinski definition) is 2. The van der Waals surface area contributed by atoms with E-state index < -0.39 is 6.10 Å². The Kier molecular flexibility index (Phi) is 4.74. The van der Waals surface area contributed by atoms with Gasteiger partial charge in [-0.25, -0.2) is 0 Å². The topological polar surface area (TPSA) is 46.2 Å². The van der Waals surface area contributed by atoms with E-state index in [9.17, 15) is 5.11 Å². The Balaban J connectivity index is 2.27. The summed E-state index contributed by atoms with van der Waals surface area (Å²) in [6.45, 7) is 0. The minimum absolute atomic E-state index is 0.361. The third kappa shape index (κ3) is 3.63. The molecule has 1 unspecified atom stereocenters. The first-order valence-electron chi connectivity index (χ1n) is 5.64. The second-order valence-corrected chi connectivity index (χ2v) is 5.99. The summed E-state index contributed by atoms with van der Waals surface area (Å²) >= 11 is 15.4. The molecule has 0 aliphatic carbocycles. The normalized spacial score (nSPS) is 12.4. The summed E-state index contributed by atoms with van der Waals surface area (Å²) in [5, 5.41) is 11.5. The van der Waals surface area contributed by atoms with Crippen LogP contribution in [0, 0.1) is 0 Å². The van der Waals surface area contributed by atoms with Crippen molar-refractivity contribution in [3.05, 3.63) is 62.0 Å². The lowest BCUT2D eigenvalue weighted by Crippen LogP contribution is -2.05. The van der Waals surface area contributed by atoms with Crippen LogP contribution in [0.25, 0.3) is 0 Å². The van der Waals surface area contributed by atoms with Crippen LogP contribution >= 0.6 is 39.1 Å². The van der Waals surface area contributed by atoms with Crippen molar-refractivity contribution in [2.75, 3.05) is 5.73 Å². The monoisotopic (exact) mass is 359 g/mol. The first kappa shape index (κ1) is 14.7. The fourth-order valence-corrected chi connectivity index (χ4v) is 2.62. The second-order valence-electron chi connectivity index (χ2n) is 4.23. The lowest BCUT2D eigenvalue weighted by Gasteiger charge is -2.15. The molecule has 0 aromatic heterocycles. The van der Waals surface area contributed by atoms with Crippen LogP contribution in [-0.2, 0) is 6.42 Å². The zero-order chi connectivity index (χ0) is 14.0. The lowest BCUT2D eigenvalue weighted by molar-refractivity contribution is 0.179. The number of nitrogens with two attached hydrogens (primary N) is 1. The molecule has 0 radical (unpaired) electrons. The van der Waals surface area contributed by atoms with Crippen LogP contribution in [0.5, 0.6) is 0 Å². The fraction of sp³-hybridized carbons (Fsp3) is 0.143. The number of hydrogen-bond acceptors (Lipinski definition) is 2. The van der Waals surface area contributed by atoms with Gasteiger partial charge in [0.05, 0.1) is 6.10 Å². The first-order chi connectivity index (χ1) is 8.97. The van der Waals surface area contributed by atoms with Gasteiger partial charge in [0.25, 0.3) is 0 Å². The van der Waals surface area contributed by atoms with Crippen molar-refractivity contribution in [2.45, 2.75) is 12.5 Å². The molecule has 0 aliphatic heterocycles. The number of aliphatic hydroxyl groups excluding tert-OH is 1. The van der Waals surface area contributed by atoms with Crippen molar-refractivity contribution >= 4 is 44.8 Å². The van der Waals surface area contributed by atoms with E-state index in [1.807, 2.05) is 6.07 Å². The largest absolute Gasteiger partial charge is 0.398 e. The molecule has 0 fully saturated rings. The molecule has 0 spiro atoms. The van der Waals surface area contributed by atoms with E-state index in [4.69, 9.17) is 28.9 Å². The molecule has 0 saturated carbocycles. The Bertz CT molecular complexity index is 604. The zero-order valence-electron chi connectivity index (χ0n) is 9.91. The van der Waals surface area contributed by atoms with Crippen LogP contribution < -0.4 is 5.73 Å². The second kappa shape index (κ2) is 6.14. The summed E-state index contributed by atoms with van der Waals surface area (Å²) in [5.74, 6) is 0. The third-order valence-electron chi connectivity index (χ3n) is 2.83. The average molecular weight is 361 g/mol. The van der Waals surface area contributed by atoms with E-state index in [0.717, 1.165) is 10.0 Å². The predicted molar refractivity (Wildman–Crippen MR) is 83.7 cm³/mol. The Morgan fingerprint density at radius 3 is 2.63 bits per heavy atom. The molecular weight excluding hydrogens is 349 g/mol. The van der Waals surface area contributed by atoms with E-state index in [2.05, 4.69) is 15.9 Å². The van der Waals surface area contributed by atoms with Crippen LogP contribution in [0.3, 0.4) is 0 Å². The molecule has 2 aromatic rings. The quantitative estimate of drug-likeness (QED) is 0.785. The molecule has 19 heavy (non-hydrogen) atoms. The van der Waals surface area contributed by atoms with E-state index in [0.29, 0.717) is 27.7 Å². The molecule has 0 aliphatic rings. The molecule has 0 amide bonds. The highest BCUT2D eigenvalue weighted by Crippen LogP contribution is 2.30. The van der Waals surface area contributed by atoms with Gasteiger partial charge in [-0.3, -0.25) is 0 Å². The molecule has 2 rings (SSSR count). The van der Waals surface area contributed by atoms with Crippen molar-refractivity contribution in [1.29, 1.82) is 0 Å². The Morgan fingerprint density at radius 1 is 1.16 bits per heavy atom. The van der Waals surface area contributed by atoms with Crippen LogP contribution in [0.15, 0.2) is 40.9 Å². The van der Waals surface area contributed by atoms with Gasteiger partial charge >= 0.3 is 0 Å². The van der Waals surface area contributed by atoms with Crippen molar-refractivity contribution in [3.63, 3.8) is 0 Å². The molecule has 2 aromatic carbocycles. The van der Waals surface area contributed by atoms with E-state index in [1.165, 1.54) is 0 Å². The summed E-state index contributed by atoms with van der Waals surface area (Å²) in [6.07, 6.45) is -0.367. The maximum Gasteiger partial charge on any atom is 0.0851 e. The van der Waals surface area contributed by atoms with Gasteiger partial charge in [0.2, 0.25) is 0 Å². The molecule has 100 valence electrons. The lowest BCUT2D eigenvalue weighted by atomic mass is 10.00. The zero-order valence-corrected chi connectivity index (χ0v) is 13.0. The van der Waals surface area contributed by atoms with Crippen LogP contribution in [0.2, 0.25) is 10.0 Å². The van der Waals surface area contributed by atoms with Gasteiger partial charge in [0.1, 0.15) is 0 Å². The van der Waals surface area contributed by atoms with Gasteiger partial charge in [-0.2, -0.15) is 0 Å². The fourth-order valence-electron chi connectivity index (χ4n) is 1.85. The summed E-state index contributed by atoms with van der Waals surface area (Å²) in [5.41, 5.74) is 7.89. The van der Waals surface area contributed by atoms with E-state index in [1.54, 1.807) is 30.3 Å². The number of halogens is 3. The van der Waals surface area contributed by atoms with Crippen molar-refractivity contribution in [2.24, 2.45) is 0 Å². The summed E-state index contributed by atoms with van der Waals surface area (Å²) in [4.78, 5) is 0. The number of aliphatic hydroxyl groups is 1. The maximum atomic E-state index is 10.3. The van der Waals surface area contributed by atoms with Gasteiger partial charge in [0.15, 0.2) is 0 Å². The number of rotatable bonds is 3. The van der Waals surface area contributed by atoms with Crippen molar-refractivity contribution in [1.82, 2.24) is 0 Å². The van der Waals surface area contributed by atoms with Crippen LogP contribution in [0.1, 0.15) is 17.2 Å². The van der Waals surface area contributed by atoms with Crippen LogP contribution in [0.4, 0.5) is 5.69 Å². The van der Waals surface area contributed by atoms with E-state index in [-0.39, 0.29) is 0 Å². The van der Waals surface area contributed by atoms with Gasteiger partial charge in [-0.05, 0) is 42.0 Å². The summed E-state index contributed by atoms with van der Waals surface area (Å²) in [6, 6.07) is 10.6. The standard InChI is InChI=1S/C14H12BrCl2NO/c15-9-1-4-13(18)11(7-9)14(19)6-8-5-10(16)2-3-12(8)17/h1-5,7,14,19H,6,18H2. The predicted octanol–water partition coefficient (Wildman–Crippen LogP) is 4.61. The van der Waals surface area contributed by atoms with Gasteiger partial charge in [-0.15, -0.1) is 0 Å². The minimum atomic E-state index is -0.728. The highest BCUT2D eigenvalue weighted by Gasteiger charge is 2.14. The molecule has 0 saturated heterocycles. The Labute approximate surface area is 130 Å². The van der Waals surface area contributed by atoms with Crippen LogP contribution in [-0.4, -0.2) is 5.11 Å². The molecule has 0 bridgehead atoms. The number of anilines is 1. The van der Waals surface area contributed by atoms with Crippen molar-refractivity contribution < 1.29 is 5.11 Å². The average Bonchev–Trinajstić information content (AvgIpc) is 2.36. The minimum Gasteiger partial charge on any atom is -0.398 e. The highest BCUT2D eigenvalue weighted by atomic mass is 79.9. The summed E-state index contributed by atoms with van der Waals surface area (Å²) in [7, 11) is 0. The Hall–Kier alpha value is -0.740. The maximum absolute atomic E-state index is 10.3. The summed E-state index contributed by atoms with van der Waals surface area (Å²) < 4.78 is 0.868. The molecular formula is C14H12BrCl2NO. The molecule has 3 N–H and O–H groups in total. The number of nitrogen functional groups attached to an aromatic ring is 1. The van der Waals surface area contributed by atoms with Gasteiger partial charge in [0, 0.05) is 32.2 Å². The molecule has 2 nitrogen and oxygen atoms in total. The first-order valence-corrected chi connectivity index (χ1v) is 7.19. The van der Waals surface area contributed by atoms with Crippen molar-refractivity contribution in [3.8, 4) is 0 Å². The molecule has 1 atom stereocenters. The van der Waals surface area contributed by atoms with Gasteiger partial charge in [-0.1, -0.05) is 39.1 Å². The highest BCUT2D eigenvalue weighted by molar-refractivity contribution is 9.10. The smallest absolute Gasteiger partial charge is 0.0851 e. The molecule has 0 heterocycles. The molecule has 5 heteroatoms. The third-order valence-corrected chi connectivity index (χ3v) is 3.93. The number of benzene rings is 2. The van der Waals surface area contributed by atoms with Gasteiger partial charge < -0.3 is 10.8 Å². The SMILES string of the molecule is Nc1ccc(Br)cc1C(O)Cc1cc(Cl)ccc1Cl.